The van der Waals surface area contributed by atoms with Gasteiger partial charge in [0.2, 0.25) is 0 Å². The zero-order chi connectivity index (χ0) is 14.3. The van der Waals surface area contributed by atoms with Crippen molar-refractivity contribution in [1.82, 2.24) is 0 Å². The summed E-state index contributed by atoms with van der Waals surface area (Å²) in [5.74, 6) is 0. The van der Waals surface area contributed by atoms with E-state index >= 15 is 0 Å². The van der Waals surface area contributed by atoms with E-state index in [1.54, 1.807) is 6.92 Å². The van der Waals surface area contributed by atoms with Crippen LogP contribution in [0.4, 0.5) is 0 Å². The largest absolute Gasteiger partial charge is 0.281 e. The molecule has 0 unspecified atom stereocenters. The van der Waals surface area contributed by atoms with Gasteiger partial charge in [-0.3, -0.25) is 24.0 Å². The maximum absolute atomic E-state index is 9.73. The second-order valence-electron chi connectivity index (χ2n) is 0.709. The number of rotatable bonds is 1. The molecule has 0 spiro atoms. The van der Waals surface area contributed by atoms with Gasteiger partial charge < -0.3 is 0 Å². The first kappa shape index (κ1) is 37.5. The first-order valence-corrected chi connectivity index (χ1v) is 3.06. The Balaban J connectivity index is -0.0000000177. The van der Waals surface area contributed by atoms with E-state index < -0.39 is 0 Å². The van der Waals surface area contributed by atoms with E-state index in [-0.39, 0.29) is 4.68 Å². The van der Waals surface area contributed by atoms with Crippen LogP contribution in [0.5, 0.6) is 0 Å². The minimum absolute atomic E-state index is 0.0671. The van der Waals surface area contributed by atoms with Crippen LogP contribution >= 0.6 is 0 Å². The molecule has 0 saturated heterocycles. The van der Waals surface area contributed by atoms with Crippen molar-refractivity contribution >= 4 is 38.6 Å². The van der Waals surface area contributed by atoms with E-state index in [9.17, 15) is 4.79 Å². The Hall–Kier alpha value is -1.46. The number of hydrogen-bond acceptors (Lipinski definition) is 6. The van der Waals surface area contributed by atoms with Crippen LogP contribution in [0.2, 0.25) is 0 Å². The minimum Gasteiger partial charge on any atom is -0.281 e. The molecule has 0 aliphatic heterocycles. The molecule has 10 radical (unpaired) electrons. The van der Waals surface area contributed by atoms with E-state index in [4.69, 9.17) is 24.0 Å². The summed E-state index contributed by atoms with van der Waals surface area (Å²) in [6.45, 7) is 24.3. The molecule has 6 nitrogen and oxygen atoms in total. The Morgan fingerprint density at radius 1 is 0.800 bits per heavy atom. The van der Waals surface area contributed by atoms with Gasteiger partial charge in [-0.15, -0.1) is 0 Å². The van der Waals surface area contributed by atoms with Gasteiger partial charge in [0.05, 0.1) is 0 Å². The van der Waals surface area contributed by atoms with E-state index in [2.05, 4.69) is 50.0 Å². The molecule has 0 bridgehead atoms. The third-order valence-corrected chi connectivity index (χ3v) is 0.695. The normalized spacial score (nSPS) is 3.87. The summed E-state index contributed by atoms with van der Waals surface area (Å²) in [4.78, 5) is 47.2. The minimum atomic E-state index is 0.0671. The fourth-order valence-corrected chi connectivity index (χ4v) is 0. The van der Waals surface area contributed by atoms with Crippen LogP contribution in [0.25, 0.3) is 0 Å². The zero-order valence-corrected chi connectivity index (χ0v) is 8.71. The van der Waals surface area contributed by atoms with Crippen molar-refractivity contribution in [3.05, 3.63) is 0 Å². The molecule has 0 atom stereocenters. The van der Waals surface area contributed by atoms with Crippen molar-refractivity contribution in [2.24, 2.45) is 0 Å². The second kappa shape index (κ2) is 259. The molecule has 0 aromatic carbocycles. The standard InChI is InChI=1S/C3H5O.5CO.Mn/c1-2-3-4;5*1-2;/h2H2,1H3;;;;;;. The van der Waals surface area contributed by atoms with Crippen LogP contribution in [0.15, 0.2) is 0 Å². The van der Waals surface area contributed by atoms with Crippen LogP contribution in [-0.2, 0) is 44.8 Å². The fraction of sp³-hybridized carbons (Fsp3) is 0.250. The summed E-state index contributed by atoms with van der Waals surface area (Å²) in [6, 6.07) is 0. The third-order valence-electron chi connectivity index (χ3n) is 0.278. The topological polar surface area (TPSA) is 102 Å². The van der Waals surface area contributed by atoms with Crippen LogP contribution in [-0.4, -0.2) is 38.6 Å². The Labute approximate surface area is 97.2 Å². The maximum Gasteiger partial charge on any atom is 0.281 e. The molecule has 15 heavy (non-hydrogen) atoms. The van der Waals surface area contributed by atoms with Crippen molar-refractivity contribution < 1.29 is 44.8 Å². The average Bonchev–Trinajstić information content (AvgIpc) is 2.41. The average molecular weight is 252 g/mol. The van der Waals surface area contributed by atoms with Gasteiger partial charge in [0.25, 0.3) is 33.9 Å². The van der Waals surface area contributed by atoms with E-state index in [0.29, 0.717) is 6.42 Å². The Kier molecular flexibility index (Phi) is 646. The summed E-state index contributed by atoms with van der Waals surface area (Å²) < 4.78 is 0.0671. The first-order valence-electron chi connectivity index (χ1n) is 2.47. The summed E-state index contributed by atoms with van der Waals surface area (Å²) in [6.07, 6.45) is 0.583. The molecular formula is C8H5MnO6. The van der Waals surface area contributed by atoms with Crippen molar-refractivity contribution in [3.63, 3.8) is 0 Å². The van der Waals surface area contributed by atoms with Crippen molar-refractivity contribution in [3.8, 4) is 0 Å². The molecule has 0 heterocycles. The van der Waals surface area contributed by atoms with Gasteiger partial charge in [-0.1, -0.05) is 0 Å². The number of hydrogen-bond donors (Lipinski definition) is 0. The predicted octanol–water partition coefficient (Wildman–Crippen LogP) is -1.52. The third kappa shape index (κ3) is 4790. The van der Waals surface area contributed by atoms with Crippen molar-refractivity contribution in [1.29, 1.82) is 0 Å². The molecule has 0 N–H and O–H groups in total. The van der Waals surface area contributed by atoms with E-state index in [1.807, 2.05) is 0 Å². The fourth-order valence-electron chi connectivity index (χ4n) is 0. The molecule has 0 aromatic heterocycles. The van der Waals surface area contributed by atoms with Crippen molar-refractivity contribution in [2.45, 2.75) is 13.3 Å². The monoisotopic (exact) mass is 252 g/mol. The maximum atomic E-state index is 9.73. The van der Waals surface area contributed by atoms with Gasteiger partial charge >= 0.3 is 38.8 Å². The van der Waals surface area contributed by atoms with Crippen LogP contribution in [0.3, 0.4) is 0 Å². The molecule has 0 amide bonds. The molecule has 0 rings (SSSR count). The summed E-state index contributed by atoms with van der Waals surface area (Å²) in [5.41, 5.74) is 0. The molecule has 0 aromatic rings. The summed E-state index contributed by atoms with van der Waals surface area (Å²) >= 11 is 2.73. The Morgan fingerprint density at radius 2 is 0.867 bits per heavy atom. The zero-order valence-electron chi connectivity index (χ0n) is 7.53. The molecule has 80 valence electrons. The molecular weight excluding hydrogens is 247 g/mol. The van der Waals surface area contributed by atoms with E-state index in [0.717, 1.165) is 0 Å². The van der Waals surface area contributed by atoms with Gasteiger partial charge in [-0.05, 0) is 0 Å². The quantitative estimate of drug-likeness (QED) is 0.525. The Bertz CT molecular complexity index is 89.5. The van der Waals surface area contributed by atoms with Crippen molar-refractivity contribution in [2.75, 3.05) is 0 Å². The molecule has 0 aliphatic rings. The second-order valence-corrected chi connectivity index (χ2v) is 1.37. The van der Waals surface area contributed by atoms with Gasteiger partial charge in [-0.25, -0.2) is 0 Å². The van der Waals surface area contributed by atoms with Crippen LogP contribution in [0.1, 0.15) is 13.3 Å². The summed E-state index contributed by atoms with van der Waals surface area (Å²) in [7, 11) is 0. The molecule has 7 heteroatoms. The van der Waals surface area contributed by atoms with E-state index in [1.165, 1.54) is 0 Å². The smallest absolute Gasteiger partial charge is 0.281 e. The van der Waals surface area contributed by atoms with Crippen LogP contribution < -0.4 is 0 Å². The predicted molar refractivity (Wildman–Crippen MR) is 43.8 cm³/mol. The summed E-state index contributed by atoms with van der Waals surface area (Å²) in [5, 5.41) is 0. The van der Waals surface area contributed by atoms with Gasteiger partial charge in [0.1, 0.15) is 0 Å². The van der Waals surface area contributed by atoms with Gasteiger partial charge in [-0.2, -0.15) is 0 Å². The number of carbonyl (C=O) groups excluding carboxylic acids is 6. The first-order chi connectivity index (χ1) is 7.27. The molecule has 0 saturated carbocycles. The Morgan fingerprint density at radius 3 is 0.867 bits per heavy atom. The molecule has 0 aliphatic carbocycles. The molecule has 0 fully saturated rings. The van der Waals surface area contributed by atoms with Gasteiger partial charge in [0.15, 0.2) is 0 Å². The van der Waals surface area contributed by atoms with Gasteiger partial charge in [0, 0.05) is 0 Å². The van der Waals surface area contributed by atoms with Crippen LogP contribution in [0, 0.1) is 0 Å². The SMILES string of the molecule is CC[C](=O)[Mn].[C]=O.[C]=O.[C]=O.[C]=O.[C]=O. The number of carbonyl (C=O) groups is 1.